The van der Waals surface area contributed by atoms with Gasteiger partial charge in [0.2, 0.25) is 10.0 Å². The number of carbonyl (C=O) groups is 1. The molecule has 38 heavy (non-hydrogen) atoms. The SMILES string of the molecule is O=C(c1nc2c(s1)COCC2)N1CCN(S(=O)(=O)c2ccc3cc(Cl)ccc3c2)CC1CCn1ccnc1. The van der Waals surface area contributed by atoms with Gasteiger partial charge >= 0.3 is 0 Å². The van der Waals surface area contributed by atoms with Gasteiger partial charge in [-0.1, -0.05) is 23.7 Å². The van der Waals surface area contributed by atoms with Gasteiger partial charge < -0.3 is 14.2 Å². The van der Waals surface area contributed by atoms with Crippen molar-refractivity contribution < 1.29 is 17.9 Å². The minimum Gasteiger partial charge on any atom is -0.375 e. The van der Waals surface area contributed by atoms with E-state index in [2.05, 4.69) is 9.97 Å². The summed E-state index contributed by atoms with van der Waals surface area (Å²) < 4.78 is 36.4. The number of ether oxygens (including phenoxy) is 1. The first-order chi connectivity index (χ1) is 18.4. The molecule has 0 radical (unpaired) electrons. The molecule has 1 saturated heterocycles. The molecule has 0 N–H and O–H groups in total. The van der Waals surface area contributed by atoms with Crippen LogP contribution in [0, 0.1) is 0 Å². The van der Waals surface area contributed by atoms with Crippen molar-refractivity contribution in [1.29, 1.82) is 0 Å². The summed E-state index contributed by atoms with van der Waals surface area (Å²) in [5, 5.41) is 2.72. The van der Waals surface area contributed by atoms with Crippen LogP contribution in [0.4, 0.5) is 0 Å². The number of nitrogens with zero attached hydrogens (tertiary/aromatic N) is 5. The second-order valence-electron chi connectivity index (χ2n) is 9.45. The highest BCUT2D eigenvalue weighted by atomic mass is 35.5. The fourth-order valence-corrected chi connectivity index (χ4v) is 7.71. The molecule has 1 fully saturated rings. The Morgan fingerprint density at radius 1 is 1.16 bits per heavy atom. The van der Waals surface area contributed by atoms with E-state index in [0.717, 1.165) is 21.3 Å². The molecule has 0 spiro atoms. The van der Waals surface area contributed by atoms with Crippen LogP contribution < -0.4 is 0 Å². The quantitative estimate of drug-likeness (QED) is 0.349. The van der Waals surface area contributed by atoms with Crippen molar-refractivity contribution in [2.24, 2.45) is 0 Å². The van der Waals surface area contributed by atoms with E-state index in [1.807, 2.05) is 22.9 Å². The number of aryl methyl sites for hydroxylation is 1. The molecule has 9 nitrogen and oxygen atoms in total. The lowest BCUT2D eigenvalue weighted by Crippen LogP contribution is -2.56. The third-order valence-electron chi connectivity index (χ3n) is 7.08. The van der Waals surface area contributed by atoms with Gasteiger partial charge in [-0.25, -0.2) is 18.4 Å². The fourth-order valence-electron chi connectivity index (χ4n) is 5.02. The summed E-state index contributed by atoms with van der Waals surface area (Å²) in [5.41, 5.74) is 0.929. The number of benzene rings is 2. The van der Waals surface area contributed by atoms with Crippen LogP contribution in [0.1, 0.15) is 26.8 Å². The number of fused-ring (bicyclic) bond motifs is 2. The number of carbonyl (C=O) groups excluding carboxylic acids is 1. The highest BCUT2D eigenvalue weighted by Crippen LogP contribution is 2.29. The lowest BCUT2D eigenvalue weighted by molar-refractivity contribution is 0.0543. The maximum Gasteiger partial charge on any atom is 0.283 e. The van der Waals surface area contributed by atoms with Crippen LogP contribution in [0.5, 0.6) is 0 Å². The van der Waals surface area contributed by atoms with Gasteiger partial charge in [0.1, 0.15) is 0 Å². The minimum atomic E-state index is -3.77. The lowest BCUT2D eigenvalue weighted by atomic mass is 10.1. The maximum absolute atomic E-state index is 13.7. The first-order valence-corrected chi connectivity index (χ1v) is 15.0. The zero-order chi connectivity index (χ0) is 26.3. The van der Waals surface area contributed by atoms with E-state index in [4.69, 9.17) is 16.3 Å². The first-order valence-electron chi connectivity index (χ1n) is 12.4. The normalized spacial score (nSPS) is 18.6. The van der Waals surface area contributed by atoms with E-state index in [1.165, 1.54) is 15.6 Å². The third kappa shape index (κ3) is 4.96. The van der Waals surface area contributed by atoms with E-state index >= 15 is 0 Å². The molecular weight excluding hydrogens is 546 g/mol. The number of hydrogen-bond acceptors (Lipinski definition) is 7. The molecule has 6 rings (SSSR count). The highest BCUT2D eigenvalue weighted by molar-refractivity contribution is 7.89. The molecule has 2 aliphatic rings. The number of piperazine rings is 1. The molecule has 2 aliphatic heterocycles. The Kier molecular flexibility index (Phi) is 6.95. The molecule has 1 amide bonds. The highest BCUT2D eigenvalue weighted by Gasteiger charge is 2.37. The largest absolute Gasteiger partial charge is 0.375 e. The summed E-state index contributed by atoms with van der Waals surface area (Å²) in [7, 11) is -3.77. The van der Waals surface area contributed by atoms with Crippen LogP contribution in [-0.2, 0) is 34.3 Å². The summed E-state index contributed by atoms with van der Waals surface area (Å²) in [5.74, 6) is -0.153. The number of hydrogen-bond donors (Lipinski definition) is 0. The van der Waals surface area contributed by atoms with Gasteiger partial charge in [-0.2, -0.15) is 4.31 Å². The van der Waals surface area contributed by atoms with Crippen molar-refractivity contribution in [2.45, 2.75) is 36.9 Å². The number of sulfonamides is 1. The number of imidazole rings is 1. The van der Waals surface area contributed by atoms with E-state index in [1.54, 1.807) is 41.7 Å². The molecule has 12 heteroatoms. The third-order valence-corrected chi connectivity index (χ3v) is 10.2. The number of rotatable bonds is 6. The smallest absolute Gasteiger partial charge is 0.283 e. The van der Waals surface area contributed by atoms with Crippen LogP contribution >= 0.6 is 22.9 Å². The van der Waals surface area contributed by atoms with E-state index in [0.29, 0.717) is 42.6 Å². The van der Waals surface area contributed by atoms with E-state index < -0.39 is 10.0 Å². The van der Waals surface area contributed by atoms with Crippen LogP contribution in [0.2, 0.25) is 5.02 Å². The second kappa shape index (κ2) is 10.4. The maximum atomic E-state index is 13.7. The molecule has 0 aliphatic carbocycles. The predicted octanol–water partition coefficient (Wildman–Crippen LogP) is 3.82. The summed E-state index contributed by atoms with van der Waals surface area (Å²) in [6.07, 6.45) is 6.57. The number of aromatic nitrogens is 3. The molecule has 1 unspecified atom stereocenters. The zero-order valence-electron chi connectivity index (χ0n) is 20.5. The van der Waals surface area contributed by atoms with Crippen molar-refractivity contribution in [3.05, 3.63) is 75.7 Å². The first kappa shape index (κ1) is 25.4. The number of halogens is 1. The van der Waals surface area contributed by atoms with E-state index in [-0.39, 0.29) is 36.5 Å². The van der Waals surface area contributed by atoms with Crippen molar-refractivity contribution >= 4 is 49.6 Å². The molecule has 0 saturated carbocycles. The summed E-state index contributed by atoms with van der Waals surface area (Å²) in [6, 6.07) is 10.1. The van der Waals surface area contributed by atoms with Gasteiger partial charge in [0, 0.05) is 56.1 Å². The average molecular weight is 572 g/mol. The molecule has 4 aromatic rings. The summed E-state index contributed by atoms with van der Waals surface area (Å²) in [4.78, 5) is 25.3. The van der Waals surface area contributed by atoms with Crippen LogP contribution in [0.15, 0.2) is 60.0 Å². The molecular formula is C26H26ClN5O4S2. The average Bonchev–Trinajstić information content (AvgIpc) is 3.61. The van der Waals surface area contributed by atoms with Crippen LogP contribution in [0.3, 0.4) is 0 Å². The minimum absolute atomic E-state index is 0.153. The van der Waals surface area contributed by atoms with Gasteiger partial charge in [-0.15, -0.1) is 11.3 Å². The van der Waals surface area contributed by atoms with Gasteiger partial charge in [-0.05, 0) is 41.5 Å². The Bertz CT molecular complexity index is 1560. The molecule has 0 bridgehead atoms. The fraction of sp³-hybridized carbons (Fsp3) is 0.346. The van der Waals surface area contributed by atoms with Crippen LogP contribution in [-0.4, -0.2) is 70.3 Å². The Labute approximate surface area is 229 Å². The standard InChI is InChI=1S/C26H26ClN5O4S2/c27-20-3-1-19-14-22(4-2-18(19)13-20)38(34,35)31-10-11-32(21(15-31)5-8-30-9-7-28-17-30)26(33)25-29-23-6-12-36-16-24(23)37-25/h1-4,7,9,13-14,17,21H,5-6,8,10-12,15-16H2. The molecule has 4 heterocycles. The Hall–Kier alpha value is -2.83. The zero-order valence-corrected chi connectivity index (χ0v) is 22.9. The second-order valence-corrected chi connectivity index (χ2v) is 12.9. The van der Waals surface area contributed by atoms with Crippen molar-refractivity contribution in [3.63, 3.8) is 0 Å². The van der Waals surface area contributed by atoms with Gasteiger partial charge in [0.25, 0.3) is 5.91 Å². The van der Waals surface area contributed by atoms with Gasteiger partial charge in [-0.3, -0.25) is 4.79 Å². The molecule has 2 aromatic carbocycles. The van der Waals surface area contributed by atoms with E-state index in [9.17, 15) is 13.2 Å². The van der Waals surface area contributed by atoms with Gasteiger partial charge in [0.15, 0.2) is 5.01 Å². The van der Waals surface area contributed by atoms with Crippen molar-refractivity contribution in [3.8, 4) is 0 Å². The molecule has 1 atom stereocenters. The summed E-state index contributed by atoms with van der Waals surface area (Å²) >= 11 is 7.47. The van der Waals surface area contributed by atoms with Gasteiger partial charge in [0.05, 0.1) is 35.0 Å². The monoisotopic (exact) mass is 571 g/mol. The Balaban J connectivity index is 1.26. The lowest BCUT2D eigenvalue weighted by Gasteiger charge is -2.40. The predicted molar refractivity (Wildman–Crippen MR) is 145 cm³/mol. The molecule has 198 valence electrons. The number of amides is 1. The number of thiazole rings is 1. The summed E-state index contributed by atoms with van der Waals surface area (Å²) in [6.45, 7) is 2.40. The Morgan fingerprint density at radius 3 is 2.82 bits per heavy atom. The van der Waals surface area contributed by atoms with Crippen molar-refractivity contribution in [2.75, 3.05) is 26.2 Å². The Morgan fingerprint density at radius 2 is 2.00 bits per heavy atom. The van der Waals surface area contributed by atoms with Crippen molar-refractivity contribution in [1.82, 2.24) is 23.7 Å². The molecule has 2 aromatic heterocycles. The van der Waals surface area contributed by atoms with Crippen LogP contribution in [0.25, 0.3) is 10.8 Å². The topological polar surface area (TPSA) is 97.6 Å².